The van der Waals surface area contributed by atoms with E-state index in [2.05, 4.69) is 0 Å². The number of carbonyl (C=O) groups excluding carboxylic acids is 1. The zero-order chi connectivity index (χ0) is 14.5. The van der Waals surface area contributed by atoms with Crippen molar-refractivity contribution in [3.63, 3.8) is 0 Å². The fraction of sp³-hybridized carbons (Fsp3) is 0.533. The monoisotopic (exact) mass is 278 g/mol. The summed E-state index contributed by atoms with van der Waals surface area (Å²) in [5, 5.41) is 9.39. The van der Waals surface area contributed by atoms with Crippen LogP contribution in [0.1, 0.15) is 36.5 Å². The highest BCUT2D eigenvalue weighted by Gasteiger charge is 2.27. The van der Waals surface area contributed by atoms with Gasteiger partial charge in [-0.25, -0.2) is 0 Å². The normalized spacial score (nSPS) is 18.9. The minimum absolute atomic E-state index is 0.0122. The topological polar surface area (TPSA) is 75.8 Å². The highest BCUT2D eigenvalue weighted by atomic mass is 16.5. The molecular weight excluding hydrogens is 256 g/mol. The van der Waals surface area contributed by atoms with Gasteiger partial charge in [-0.2, -0.15) is 0 Å². The number of amides is 1. The van der Waals surface area contributed by atoms with E-state index in [0.29, 0.717) is 30.2 Å². The fourth-order valence-corrected chi connectivity index (χ4v) is 2.59. The van der Waals surface area contributed by atoms with Crippen molar-refractivity contribution in [1.82, 2.24) is 4.90 Å². The molecule has 1 amide bonds. The van der Waals surface area contributed by atoms with Gasteiger partial charge in [0.25, 0.3) is 5.91 Å². The zero-order valence-electron chi connectivity index (χ0n) is 11.8. The Bertz CT molecular complexity index is 476. The Kier molecular flexibility index (Phi) is 4.84. The summed E-state index contributed by atoms with van der Waals surface area (Å²) in [5.41, 5.74) is 6.91. The van der Waals surface area contributed by atoms with Gasteiger partial charge in [-0.1, -0.05) is 0 Å². The van der Waals surface area contributed by atoms with E-state index >= 15 is 0 Å². The van der Waals surface area contributed by atoms with E-state index in [9.17, 15) is 9.90 Å². The summed E-state index contributed by atoms with van der Waals surface area (Å²) in [6.07, 6.45) is 2.89. The number of ether oxygens (including phenoxy) is 1. The number of nitrogens with two attached hydrogens (primary N) is 1. The summed E-state index contributed by atoms with van der Waals surface area (Å²) < 4.78 is 5.37. The highest BCUT2D eigenvalue weighted by Crippen LogP contribution is 2.25. The van der Waals surface area contributed by atoms with E-state index < -0.39 is 0 Å². The number of rotatable bonds is 4. The first-order chi connectivity index (χ1) is 9.67. The van der Waals surface area contributed by atoms with Crippen molar-refractivity contribution in [2.45, 2.75) is 32.2 Å². The predicted molar refractivity (Wildman–Crippen MR) is 77.8 cm³/mol. The minimum Gasteiger partial charge on any atom is -0.492 e. The molecule has 1 aliphatic rings. The van der Waals surface area contributed by atoms with Gasteiger partial charge in [0, 0.05) is 12.1 Å². The van der Waals surface area contributed by atoms with Gasteiger partial charge in [0.1, 0.15) is 5.75 Å². The molecule has 1 aliphatic heterocycles. The predicted octanol–water partition coefficient (Wildman–Crippen LogP) is 1.65. The van der Waals surface area contributed by atoms with Crippen LogP contribution in [0, 0.1) is 0 Å². The third-order valence-corrected chi connectivity index (χ3v) is 3.66. The summed E-state index contributed by atoms with van der Waals surface area (Å²) in [5.74, 6) is 0.528. The highest BCUT2D eigenvalue weighted by molar-refractivity contribution is 5.95. The average Bonchev–Trinajstić information content (AvgIpc) is 2.48. The quantitative estimate of drug-likeness (QED) is 0.821. The molecule has 1 aromatic carbocycles. The smallest absolute Gasteiger partial charge is 0.254 e. The lowest BCUT2D eigenvalue weighted by Crippen LogP contribution is -2.45. The number of benzene rings is 1. The molecule has 1 atom stereocenters. The van der Waals surface area contributed by atoms with E-state index in [1.54, 1.807) is 23.1 Å². The molecule has 3 N–H and O–H groups in total. The third-order valence-electron chi connectivity index (χ3n) is 3.66. The number of carbonyl (C=O) groups is 1. The Morgan fingerprint density at radius 3 is 2.95 bits per heavy atom. The minimum atomic E-state index is -0.0796. The van der Waals surface area contributed by atoms with Crippen LogP contribution in [0.25, 0.3) is 0 Å². The van der Waals surface area contributed by atoms with Gasteiger partial charge >= 0.3 is 0 Å². The molecule has 5 heteroatoms. The first-order valence-electron chi connectivity index (χ1n) is 7.11. The number of aliphatic hydroxyl groups is 1. The van der Waals surface area contributed by atoms with Gasteiger partial charge in [-0.3, -0.25) is 4.79 Å². The molecule has 0 bridgehead atoms. The molecule has 1 saturated heterocycles. The Hall–Kier alpha value is -1.75. The number of likely N-dealkylation sites (tertiary alicyclic amines) is 1. The number of anilines is 1. The molecule has 1 unspecified atom stereocenters. The molecule has 0 aliphatic carbocycles. The van der Waals surface area contributed by atoms with E-state index in [4.69, 9.17) is 10.5 Å². The van der Waals surface area contributed by atoms with Gasteiger partial charge in [0.15, 0.2) is 0 Å². The van der Waals surface area contributed by atoms with Crippen LogP contribution in [0.3, 0.4) is 0 Å². The summed E-state index contributed by atoms with van der Waals surface area (Å²) in [7, 11) is 0. The van der Waals surface area contributed by atoms with Gasteiger partial charge in [-0.15, -0.1) is 0 Å². The Balaban J connectivity index is 2.17. The second-order valence-electron chi connectivity index (χ2n) is 5.02. The molecule has 1 aromatic rings. The average molecular weight is 278 g/mol. The Morgan fingerprint density at radius 2 is 2.30 bits per heavy atom. The maximum absolute atomic E-state index is 12.5. The van der Waals surface area contributed by atoms with E-state index in [1.807, 2.05) is 6.92 Å². The number of hydrogen-bond acceptors (Lipinski definition) is 4. The maximum Gasteiger partial charge on any atom is 0.254 e. The van der Waals surface area contributed by atoms with Crippen LogP contribution in [0.15, 0.2) is 18.2 Å². The molecule has 0 saturated carbocycles. The molecule has 5 nitrogen and oxygen atoms in total. The van der Waals surface area contributed by atoms with Crippen molar-refractivity contribution in [3.8, 4) is 5.75 Å². The summed E-state index contributed by atoms with van der Waals surface area (Å²) in [4.78, 5) is 14.3. The molecule has 2 rings (SSSR count). The van der Waals surface area contributed by atoms with Crippen LogP contribution in [-0.2, 0) is 0 Å². The van der Waals surface area contributed by atoms with E-state index in [-0.39, 0.29) is 18.6 Å². The number of nitrogens with zero attached hydrogens (tertiary/aromatic N) is 1. The number of piperidine rings is 1. The van der Waals surface area contributed by atoms with Gasteiger partial charge < -0.3 is 20.5 Å². The van der Waals surface area contributed by atoms with Gasteiger partial charge in [0.05, 0.1) is 24.9 Å². The first-order valence-corrected chi connectivity index (χ1v) is 7.11. The molecule has 20 heavy (non-hydrogen) atoms. The third kappa shape index (κ3) is 3.04. The van der Waals surface area contributed by atoms with Crippen LogP contribution in [0.4, 0.5) is 5.69 Å². The second kappa shape index (κ2) is 6.61. The van der Waals surface area contributed by atoms with Gasteiger partial charge in [-0.05, 0) is 44.4 Å². The maximum atomic E-state index is 12.5. The standard InChI is InChI=1S/C15H22N2O3/c1-2-20-14-7-6-11(9-13(14)16)15(19)17-8-4-3-5-12(17)10-18/h6-7,9,12,18H,2-5,8,10,16H2,1H3. The van der Waals surface area contributed by atoms with Gasteiger partial charge in [0.2, 0.25) is 0 Å². The van der Waals surface area contributed by atoms with Crippen LogP contribution in [0.5, 0.6) is 5.75 Å². The van der Waals surface area contributed by atoms with Crippen molar-refractivity contribution in [1.29, 1.82) is 0 Å². The molecule has 110 valence electrons. The lowest BCUT2D eigenvalue weighted by atomic mass is 10.0. The fourth-order valence-electron chi connectivity index (χ4n) is 2.59. The van der Waals surface area contributed by atoms with Crippen molar-refractivity contribution in [3.05, 3.63) is 23.8 Å². The first kappa shape index (κ1) is 14.7. The molecule has 0 spiro atoms. The van der Waals surface area contributed by atoms with E-state index in [1.165, 1.54) is 0 Å². The Labute approximate surface area is 119 Å². The molecule has 0 radical (unpaired) electrons. The van der Waals surface area contributed by atoms with Crippen LogP contribution in [0.2, 0.25) is 0 Å². The lowest BCUT2D eigenvalue weighted by Gasteiger charge is -2.34. The van der Waals surface area contributed by atoms with E-state index in [0.717, 1.165) is 19.3 Å². The molecule has 1 fully saturated rings. The van der Waals surface area contributed by atoms with Crippen molar-refractivity contribution in [2.75, 3.05) is 25.5 Å². The summed E-state index contributed by atoms with van der Waals surface area (Å²) >= 11 is 0. The number of aliphatic hydroxyl groups excluding tert-OH is 1. The van der Waals surface area contributed by atoms with Crippen molar-refractivity contribution in [2.24, 2.45) is 0 Å². The molecule has 1 heterocycles. The van der Waals surface area contributed by atoms with Crippen LogP contribution < -0.4 is 10.5 Å². The second-order valence-corrected chi connectivity index (χ2v) is 5.02. The summed E-state index contributed by atoms with van der Waals surface area (Å²) in [6.45, 7) is 3.13. The van der Waals surface area contributed by atoms with Crippen LogP contribution >= 0.6 is 0 Å². The van der Waals surface area contributed by atoms with Crippen LogP contribution in [-0.4, -0.2) is 41.7 Å². The number of nitrogen functional groups attached to an aromatic ring is 1. The molecular formula is C15H22N2O3. The Morgan fingerprint density at radius 1 is 1.50 bits per heavy atom. The zero-order valence-corrected chi connectivity index (χ0v) is 11.8. The largest absolute Gasteiger partial charge is 0.492 e. The molecule has 0 aromatic heterocycles. The van der Waals surface area contributed by atoms with Crippen molar-refractivity contribution < 1.29 is 14.6 Å². The lowest BCUT2D eigenvalue weighted by molar-refractivity contribution is 0.0503. The number of hydrogen-bond donors (Lipinski definition) is 2. The summed E-state index contributed by atoms with van der Waals surface area (Å²) in [6, 6.07) is 5.02. The SMILES string of the molecule is CCOc1ccc(C(=O)N2CCCCC2CO)cc1N. The van der Waals surface area contributed by atoms with Crippen molar-refractivity contribution >= 4 is 11.6 Å².